The maximum Gasteiger partial charge on any atom is 0.127 e. The topological polar surface area (TPSA) is 34.1 Å². The van der Waals surface area contributed by atoms with E-state index in [2.05, 4.69) is 41.5 Å². The van der Waals surface area contributed by atoms with Gasteiger partial charge in [0.05, 0.1) is 24.5 Å². The number of hydrogen-bond donors (Lipinski definition) is 1. The maximum absolute atomic E-state index is 5.91. The minimum atomic E-state index is 0.289. The molecule has 1 atom stereocenters. The number of anilines is 1. The molecule has 0 spiro atoms. The predicted molar refractivity (Wildman–Crippen MR) is 81.2 cm³/mol. The van der Waals surface area contributed by atoms with Gasteiger partial charge < -0.3 is 10.1 Å². The van der Waals surface area contributed by atoms with Crippen LogP contribution in [-0.4, -0.2) is 11.6 Å². The fraction of sp³-hybridized carbons (Fsp3) is 0.353. The Morgan fingerprint density at radius 3 is 2.90 bits per heavy atom. The zero-order valence-electron chi connectivity index (χ0n) is 12.0. The normalized spacial score (nSPS) is 17.8. The molecule has 1 aliphatic heterocycles. The van der Waals surface area contributed by atoms with Gasteiger partial charge in [0.15, 0.2) is 0 Å². The van der Waals surface area contributed by atoms with Crippen molar-refractivity contribution in [1.29, 1.82) is 0 Å². The largest absolute Gasteiger partial charge is 0.493 e. The second-order valence-corrected chi connectivity index (χ2v) is 5.37. The average Bonchev–Trinajstić information content (AvgIpc) is 2.65. The summed E-state index contributed by atoms with van der Waals surface area (Å²) in [5.74, 6) is 1.04. The van der Waals surface area contributed by atoms with Crippen molar-refractivity contribution >= 4 is 5.69 Å². The van der Waals surface area contributed by atoms with Gasteiger partial charge in [-0.1, -0.05) is 18.2 Å². The summed E-state index contributed by atoms with van der Waals surface area (Å²) in [5, 5.41) is 3.59. The van der Waals surface area contributed by atoms with Crippen LogP contribution in [0.25, 0.3) is 0 Å². The molecule has 2 heterocycles. The number of pyridine rings is 1. The minimum Gasteiger partial charge on any atom is -0.493 e. The summed E-state index contributed by atoms with van der Waals surface area (Å²) >= 11 is 0. The lowest BCUT2D eigenvalue weighted by molar-refractivity contribution is 0.314. The van der Waals surface area contributed by atoms with E-state index in [0.29, 0.717) is 0 Å². The molecule has 3 heteroatoms. The lowest BCUT2D eigenvalue weighted by atomic mass is 9.99. The second-order valence-electron chi connectivity index (χ2n) is 5.37. The first-order valence-corrected chi connectivity index (χ1v) is 7.15. The smallest absolute Gasteiger partial charge is 0.127 e. The summed E-state index contributed by atoms with van der Waals surface area (Å²) in [7, 11) is 0. The molecule has 0 amide bonds. The Labute approximate surface area is 120 Å². The number of rotatable bonds is 2. The Morgan fingerprint density at radius 1 is 1.20 bits per heavy atom. The molecule has 0 fully saturated rings. The van der Waals surface area contributed by atoms with E-state index < -0.39 is 0 Å². The number of benzene rings is 1. The molecule has 1 aromatic heterocycles. The quantitative estimate of drug-likeness (QED) is 0.893. The van der Waals surface area contributed by atoms with Gasteiger partial charge in [-0.25, -0.2) is 0 Å². The van der Waals surface area contributed by atoms with Crippen molar-refractivity contribution in [2.24, 2.45) is 0 Å². The number of para-hydroxylation sites is 1. The molecule has 1 unspecified atom stereocenters. The van der Waals surface area contributed by atoms with E-state index in [1.54, 1.807) is 0 Å². The molecule has 20 heavy (non-hydrogen) atoms. The van der Waals surface area contributed by atoms with Gasteiger partial charge in [0.2, 0.25) is 0 Å². The van der Waals surface area contributed by atoms with Gasteiger partial charge in [-0.2, -0.15) is 0 Å². The minimum absolute atomic E-state index is 0.289. The van der Waals surface area contributed by atoms with Gasteiger partial charge in [-0.3, -0.25) is 4.98 Å². The summed E-state index contributed by atoms with van der Waals surface area (Å²) in [5.41, 5.74) is 4.56. The summed E-state index contributed by atoms with van der Waals surface area (Å²) < 4.78 is 5.91. The molecule has 0 saturated heterocycles. The lowest BCUT2D eigenvalue weighted by Gasteiger charge is -2.20. The lowest BCUT2D eigenvalue weighted by Crippen LogP contribution is -2.10. The number of nitrogens with one attached hydrogen (secondary N) is 1. The standard InChI is InChI=1S/C17H20N2O/c1-12-5-3-6-15-16(7-4-10-20-17(12)15)19-14-9-8-13(2)18-11-14/h3,5-6,8-9,11,16,19H,4,7,10H2,1-2H3. The number of hydrogen-bond acceptors (Lipinski definition) is 3. The monoisotopic (exact) mass is 268 g/mol. The Kier molecular flexibility index (Phi) is 3.59. The van der Waals surface area contributed by atoms with Crippen LogP contribution in [0, 0.1) is 13.8 Å². The molecule has 2 aromatic rings. The predicted octanol–water partition coefficient (Wildman–Crippen LogP) is 4.02. The van der Waals surface area contributed by atoms with Gasteiger partial charge in [0.25, 0.3) is 0 Å². The fourth-order valence-corrected chi connectivity index (χ4v) is 2.67. The van der Waals surface area contributed by atoms with Gasteiger partial charge in [-0.05, 0) is 44.4 Å². The van der Waals surface area contributed by atoms with Crippen LogP contribution in [0.4, 0.5) is 5.69 Å². The van der Waals surface area contributed by atoms with E-state index in [0.717, 1.165) is 36.6 Å². The Balaban J connectivity index is 1.90. The maximum atomic E-state index is 5.91. The van der Waals surface area contributed by atoms with Crippen LogP contribution in [0.2, 0.25) is 0 Å². The number of ether oxygens (including phenoxy) is 1. The van der Waals surface area contributed by atoms with Crippen LogP contribution in [0.3, 0.4) is 0 Å². The summed E-state index contributed by atoms with van der Waals surface area (Å²) in [4.78, 5) is 4.35. The van der Waals surface area contributed by atoms with E-state index >= 15 is 0 Å². The van der Waals surface area contributed by atoms with Gasteiger partial charge >= 0.3 is 0 Å². The molecule has 0 aliphatic carbocycles. The fourth-order valence-electron chi connectivity index (χ4n) is 2.67. The molecule has 1 N–H and O–H groups in total. The third kappa shape index (κ3) is 2.62. The summed E-state index contributed by atoms with van der Waals surface area (Å²) in [6.45, 7) is 4.90. The molecule has 0 radical (unpaired) electrons. The number of fused-ring (bicyclic) bond motifs is 1. The van der Waals surface area contributed by atoms with Crippen LogP contribution in [0.1, 0.15) is 35.7 Å². The zero-order valence-corrected chi connectivity index (χ0v) is 12.0. The summed E-state index contributed by atoms with van der Waals surface area (Å²) in [6, 6.07) is 10.8. The van der Waals surface area contributed by atoms with Crippen LogP contribution in [-0.2, 0) is 0 Å². The Bertz CT molecular complexity index is 592. The zero-order chi connectivity index (χ0) is 13.9. The van der Waals surface area contributed by atoms with Crippen LogP contribution in [0.15, 0.2) is 36.5 Å². The van der Waals surface area contributed by atoms with Crippen molar-refractivity contribution in [3.05, 3.63) is 53.3 Å². The number of nitrogens with zero attached hydrogens (tertiary/aromatic N) is 1. The van der Waals surface area contributed by atoms with Crippen molar-refractivity contribution < 1.29 is 4.74 Å². The van der Waals surface area contributed by atoms with Crippen molar-refractivity contribution in [1.82, 2.24) is 4.98 Å². The highest BCUT2D eigenvalue weighted by atomic mass is 16.5. The van der Waals surface area contributed by atoms with Gasteiger partial charge in [-0.15, -0.1) is 0 Å². The highest BCUT2D eigenvalue weighted by Gasteiger charge is 2.20. The molecule has 3 nitrogen and oxygen atoms in total. The molecule has 1 aromatic carbocycles. The van der Waals surface area contributed by atoms with Gasteiger partial charge in [0, 0.05) is 11.3 Å². The molecule has 1 aliphatic rings. The molecule has 3 rings (SSSR count). The Hall–Kier alpha value is -2.03. The van der Waals surface area contributed by atoms with Crippen LogP contribution < -0.4 is 10.1 Å². The molecular weight excluding hydrogens is 248 g/mol. The van der Waals surface area contributed by atoms with Crippen molar-refractivity contribution in [2.45, 2.75) is 32.7 Å². The van der Waals surface area contributed by atoms with Crippen LogP contribution >= 0.6 is 0 Å². The third-order valence-electron chi connectivity index (χ3n) is 3.75. The molecular formula is C17H20N2O. The van der Waals surface area contributed by atoms with E-state index in [9.17, 15) is 0 Å². The van der Waals surface area contributed by atoms with Crippen molar-refractivity contribution in [3.8, 4) is 5.75 Å². The van der Waals surface area contributed by atoms with E-state index in [1.807, 2.05) is 19.2 Å². The van der Waals surface area contributed by atoms with Crippen molar-refractivity contribution in [2.75, 3.05) is 11.9 Å². The van der Waals surface area contributed by atoms with E-state index in [-0.39, 0.29) is 6.04 Å². The van der Waals surface area contributed by atoms with E-state index in [1.165, 1.54) is 11.1 Å². The number of aryl methyl sites for hydroxylation is 2. The third-order valence-corrected chi connectivity index (χ3v) is 3.75. The molecule has 104 valence electrons. The molecule has 0 bridgehead atoms. The first-order chi connectivity index (χ1) is 9.74. The Morgan fingerprint density at radius 2 is 2.10 bits per heavy atom. The summed E-state index contributed by atoms with van der Waals surface area (Å²) in [6.07, 6.45) is 4.03. The van der Waals surface area contributed by atoms with Crippen LogP contribution in [0.5, 0.6) is 5.75 Å². The SMILES string of the molecule is Cc1ccc(NC2CCCOc3c(C)cccc32)cn1. The van der Waals surface area contributed by atoms with E-state index in [4.69, 9.17) is 4.74 Å². The first kappa shape index (κ1) is 13.0. The first-order valence-electron chi connectivity index (χ1n) is 7.15. The highest BCUT2D eigenvalue weighted by Crippen LogP contribution is 2.35. The second kappa shape index (κ2) is 5.53. The van der Waals surface area contributed by atoms with Crippen molar-refractivity contribution in [3.63, 3.8) is 0 Å². The molecule has 0 saturated carbocycles. The average molecular weight is 268 g/mol. The highest BCUT2D eigenvalue weighted by molar-refractivity contribution is 5.49. The number of aromatic nitrogens is 1. The van der Waals surface area contributed by atoms with Gasteiger partial charge in [0.1, 0.15) is 5.75 Å².